The molecule has 21 heavy (non-hydrogen) atoms. The van der Waals surface area contributed by atoms with Gasteiger partial charge in [0.25, 0.3) is 5.69 Å². The second kappa shape index (κ2) is 6.53. The van der Waals surface area contributed by atoms with Crippen LogP contribution in [-0.2, 0) is 4.79 Å². The van der Waals surface area contributed by atoms with Crippen molar-refractivity contribution in [2.75, 3.05) is 5.32 Å². The maximum absolute atomic E-state index is 11.8. The molecule has 0 spiro atoms. The summed E-state index contributed by atoms with van der Waals surface area (Å²) in [6.45, 7) is 1.76. The van der Waals surface area contributed by atoms with Crippen molar-refractivity contribution in [2.45, 2.75) is 6.92 Å². The Kier molecular flexibility index (Phi) is 4.73. The number of hydrogen-bond acceptors (Lipinski definition) is 4. The van der Waals surface area contributed by atoms with E-state index in [0.29, 0.717) is 11.4 Å². The van der Waals surface area contributed by atoms with Crippen molar-refractivity contribution in [1.29, 1.82) is 0 Å². The highest BCUT2D eigenvalue weighted by molar-refractivity contribution is 14.1. The van der Waals surface area contributed by atoms with Crippen molar-refractivity contribution in [3.8, 4) is 0 Å². The maximum atomic E-state index is 11.8. The number of benzene rings is 1. The fourth-order valence-electron chi connectivity index (χ4n) is 1.61. The van der Waals surface area contributed by atoms with E-state index in [9.17, 15) is 14.9 Å². The van der Waals surface area contributed by atoms with E-state index in [1.807, 2.05) is 22.6 Å². The van der Waals surface area contributed by atoms with Crippen LogP contribution in [0.15, 0.2) is 40.8 Å². The molecule has 0 radical (unpaired) electrons. The van der Waals surface area contributed by atoms with Gasteiger partial charge in [0.05, 0.1) is 10.6 Å². The molecule has 0 unspecified atom stereocenters. The van der Waals surface area contributed by atoms with Crippen LogP contribution >= 0.6 is 22.6 Å². The SMILES string of the molecule is Cc1ccc([N+](=O)[O-])cc1NC(=O)/C=C/c1ccc(I)o1. The number of nitrogens with one attached hydrogen (secondary N) is 1. The van der Waals surface area contributed by atoms with Crippen LogP contribution in [0.1, 0.15) is 11.3 Å². The molecule has 0 fully saturated rings. The highest BCUT2D eigenvalue weighted by Gasteiger charge is 2.09. The van der Waals surface area contributed by atoms with Gasteiger partial charge in [-0.15, -0.1) is 0 Å². The zero-order valence-electron chi connectivity index (χ0n) is 11.0. The Bertz CT molecular complexity index is 722. The smallest absolute Gasteiger partial charge is 0.271 e. The maximum Gasteiger partial charge on any atom is 0.271 e. The lowest BCUT2D eigenvalue weighted by Gasteiger charge is -2.05. The van der Waals surface area contributed by atoms with E-state index < -0.39 is 4.92 Å². The average Bonchev–Trinajstić information content (AvgIpc) is 2.84. The van der Waals surface area contributed by atoms with Crippen molar-refractivity contribution in [2.24, 2.45) is 0 Å². The summed E-state index contributed by atoms with van der Waals surface area (Å²) >= 11 is 2.03. The number of amides is 1. The molecule has 1 heterocycles. The minimum absolute atomic E-state index is 0.0690. The molecule has 1 aromatic carbocycles. The Morgan fingerprint density at radius 1 is 1.38 bits per heavy atom. The monoisotopic (exact) mass is 398 g/mol. The van der Waals surface area contributed by atoms with E-state index in [2.05, 4.69) is 5.32 Å². The summed E-state index contributed by atoms with van der Waals surface area (Å²) < 4.78 is 6.01. The molecule has 0 atom stereocenters. The van der Waals surface area contributed by atoms with Gasteiger partial charge in [-0.05, 0) is 53.3 Å². The number of nitro benzene ring substituents is 1. The second-order valence-corrected chi connectivity index (χ2v) is 5.28. The lowest BCUT2D eigenvalue weighted by atomic mass is 10.2. The number of carbonyl (C=O) groups is 1. The summed E-state index contributed by atoms with van der Waals surface area (Å²) in [7, 11) is 0. The minimum atomic E-state index is -0.504. The van der Waals surface area contributed by atoms with E-state index in [1.165, 1.54) is 24.3 Å². The number of carbonyl (C=O) groups excluding carboxylic acids is 1. The van der Waals surface area contributed by atoms with Gasteiger partial charge in [-0.25, -0.2) is 0 Å². The van der Waals surface area contributed by atoms with E-state index in [4.69, 9.17) is 4.42 Å². The standard InChI is InChI=1S/C14H11IN2O4/c1-9-2-3-10(17(19)20)8-12(9)16-14(18)7-5-11-4-6-13(15)21-11/h2-8H,1H3,(H,16,18)/b7-5+. The molecule has 1 aromatic heterocycles. The first-order chi connectivity index (χ1) is 9.95. The number of nitro groups is 1. The van der Waals surface area contributed by atoms with Crippen LogP contribution in [0.4, 0.5) is 11.4 Å². The molecule has 0 saturated carbocycles. The number of rotatable bonds is 4. The predicted octanol–water partition coefficient (Wildman–Crippen LogP) is 3.75. The third-order valence-corrected chi connectivity index (χ3v) is 3.26. The van der Waals surface area contributed by atoms with Crippen LogP contribution in [0, 0.1) is 20.8 Å². The highest BCUT2D eigenvalue weighted by atomic mass is 127. The topological polar surface area (TPSA) is 85.4 Å². The fourth-order valence-corrected chi connectivity index (χ4v) is 2.04. The van der Waals surface area contributed by atoms with Crippen molar-refractivity contribution in [3.63, 3.8) is 0 Å². The Morgan fingerprint density at radius 3 is 2.76 bits per heavy atom. The third-order valence-electron chi connectivity index (χ3n) is 2.68. The van der Waals surface area contributed by atoms with Gasteiger partial charge in [0, 0.05) is 18.2 Å². The van der Waals surface area contributed by atoms with Crippen LogP contribution < -0.4 is 5.32 Å². The molecule has 1 N–H and O–H groups in total. The van der Waals surface area contributed by atoms with Gasteiger partial charge in [-0.3, -0.25) is 14.9 Å². The van der Waals surface area contributed by atoms with E-state index in [0.717, 1.165) is 9.33 Å². The zero-order valence-corrected chi connectivity index (χ0v) is 13.2. The van der Waals surface area contributed by atoms with Gasteiger partial charge >= 0.3 is 0 Å². The number of aryl methyl sites for hydroxylation is 1. The van der Waals surface area contributed by atoms with Crippen molar-refractivity contribution in [1.82, 2.24) is 0 Å². The summed E-state index contributed by atoms with van der Waals surface area (Å²) in [4.78, 5) is 22.0. The van der Waals surface area contributed by atoms with Crippen LogP contribution in [-0.4, -0.2) is 10.8 Å². The molecule has 7 heteroatoms. The summed E-state index contributed by atoms with van der Waals surface area (Å²) in [5, 5.41) is 13.3. The fraction of sp³-hybridized carbons (Fsp3) is 0.0714. The quantitative estimate of drug-likeness (QED) is 0.368. The Morgan fingerprint density at radius 2 is 2.14 bits per heavy atom. The second-order valence-electron chi connectivity index (χ2n) is 4.22. The van der Waals surface area contributed by atoms with Gasteiger partial charge in [0.2, 0.25) is 5.91 Å². The van der Waals surface area contributed by atoms with Gasteiger partial charge in [0.1, 0.15) is 5.76 Å². The molecule has 0 aliphatic rings. The van der Waals surface area contributed by atoms with E-state index in [1.54, 1.807) is 25.1 Å². The number of halogens is 1. The Balaban J connectivity index is 2.10. The number of nitrogens with zero attached hydrogens (tertiary/aromatic N) is 1. The number of furan rings is 1. The first-order valence-corrected chi connectivity index (χ1v) is 7.03. The summed E-state index contributed by atoms with van der Waals surface area (Å²) in [5.74, 6) is 0.176. The molecule has 2 aromatic rings. The number of hydrogen-bond donors (Lipinski definition) is 1. The van der Waals surface area contributed by atoms with Gasteiger partial charge < -0.3 is 9.73 Å². The molecule has 6 nitrogen and oxygen atoms in total. The third kappa shape index (κ3) is 4.15. The van der Waals surface area contributed by atoms with Crippen molar-refractivity contribution >= 4 is 45.9 Å². The molecular weight excluding hydrogens is 387 g/mol. The summed E-state index contributed by atoms with van der Waals surface area (Å²) in [6, 6.07) is 7.84. The first kappa shape index (κ1) is 15.2. The number of non-ortho nitro benzene ring substituents is 1. The molecule has 0 saturated heterocycles. The van der Waals surface area contributed by atoms with Crippen LogP contribution in [0.2, 0.25) is 0 Å². The van der Waals surface area contributed by atoms with Gasteiger partial charge in [0.15, 0.2) is 3.77 Å². The van der Waals surface area contributed by atoms with E-state index in [-0.39, 0.29) is 11.6 Å². The van der Waals surface area contributed by atoms with E-state index >= 15 is 0 Å². The molecule has 2 rings (SSSR count). The molecule has 0 bridgehead atoms. The normalized spacial score (nSPS) is 10.8. The number of anilines is 1. The van der Waals surface area contributed by atoms with Gasteiger partial charge in [-0.2, -0.15) is 0 Å². The van der Waals surface area contributed by atoms with Crippen LogP contribution in [0.5, 0.6) is 0 Å². The average molecular weight is 398 g/mol. The molecule has 0 aliphatic carbocycles. The Hall–Kier alpha value is -2.16. The van der Waals surface area contributed by atoms with Crippen molar-refractivity contribution in [3.05, 3.63) is 61.6 Å². The highest BCUT2D eigenvalue weighted by Crippen LogP contribution is 2.21. The predicted molar refractivity (Wildman–Crippen MR) is 86.9 cm³/mol. The van der Waals surface area contributed by atoms with Crippen LogP contribution in [0.3, 0.4) is 0 Å². The molecular formula is C14H11IN2O4. The van der Waals surface area contributed by atoms with Crippen LogP contribution in [0.25, 0.3) is 6.08 Å². The lowest BCUT2D eigenvalue weighted by molar-refractivity contribution is -0.384. The molecule has 0 aliphatic heterocycles. The lowest BCUT2D eigenvalue weighted by Crippen LogP contribution is -2.09. The van der Waals surface area contributed by atoms with Crippen molar-refractivity contribution < 1.29 is 14.1 Å². The first-order valence-electron chi connectivity index (χ1n) is 5.95. The summed E-state index contributed by atoms with van der Waals surface area (Å²) in [5.41, 5.74) is 1.09. The molecule has 108 valence electrons. The molecule has 1 amide bonds. The zero-order chi connectivity index (χ0) is 15.4. The largest absolute Gasteiger partial charge is 0.451 e. The Labute approximate surface area is 134 Å². The van der Waals surface area contributed by atoms with Gasteiger partial charge in [-0.1, -0.05) is 6.07 Å². The minimum Gasteiger partial charge on any atom is -0.451 e. The summed E-state index contributed by atoms with van der Waals surface area (Å²) in [6.07, 6.45) is 2.84.